The highest BCUT2D eigenvalue weighted by Crippen LogP contribution is 2.25. The van der Waals surface area contributed by atoms with Crippen molar-refractivity contribution < 1.29 is 14.3 Å². The predicted octanol–water partition coefficient (Wildman–Crippen LogP) is 4.66. The summed E-state index contributed by atoms with van der Waals surface area (Å²) >= 11 is 6.50. The minimum atomic E-state index is -0.584. The number of hydrogen-bond acceptors (Lipinski definition) is 3. The van der Waals surface area contributed by atoms with Crippen LogP contribution in [0.15, 0.2) is 5.17 Å². The summed E-state index contributed by atoms with van der Waals surface area (Å²) in [6.07, 6.45) is 0.283. The number of halogens is 3. The van der Waals surface area contributed by atoms with E-state index in [2.05, 4.69) is 81.6 Å². The molecule has 0 saturated heterocycles. The van der Waals surface area contributed by atoms with Crippen LogP contribution in [0.4, 0.5) is 4.79 Å². The molecule has 0 aliphatic carbocycles. The van der Waals surface area contributed by atoms with Crippen molar-refractivity contribution in [2.45, 2.75) is 20.3 Å². The summed E-state index contributed by atoms with van der Waals surface area (Å²) in [5.41, 5.74) is 0. The van der Waals surface area contributed by atoms with Crippen LogP contribution in [0.2, 0.25) is 0 Å². The molecule has 0 fully saturated rings. The Hall–Kier alpha value is 1.20. The number of carbonyl (C=O) groups excluding carboxylic acids is 1. The molecule has 6 heteroatoms. The fourth-order valence-electron chi connectivity index (χ4n) is 0.596. The Bertz CT molecular complexity index is 235. The Morgan fingerprint density at radius 1 is 1.20 bits per heavy atom. The molecule has 15 heavy (non-hydrogen) atoms. The average molecular weight is 550 g/mol. The van der Waals surface area contributed by atoms with Gasteiger partial charge in [-0.1, -0.05) is 13.8 Å². The fourth-order valence-corrected chi connectivity index (χ4v) is 1.06. The Morgan fingerprint density at radius 3 is 2.27 bits per heavy atom. The lowest BCUT2D eigenvalue weighted by Crippen LogP contribution is -2.10. The highest BCUT2D eigenvalue weighted by Gasteiger charge is 2.06. The van der Waals surface area contributed by atoms with E-state index >= 15 is 0 Å². The minimum absolute atomic E-state index is 0.294. The highest BCUT2D eigenvalue weighted by atomic mass is 127. The van der Waals surface area contributed by atoms with Crippen LogP contribution in [0.5, 0.6) is 0 Å². The third-order valence-corrected chi connectivity index (χ3v) is 5.65. The molecule has 0 aromatic rings. The van der Waals surface area contributed by atoms with Crippen LogP contribution < -0.4 is 0 Å². The molecular formula is C9H13I3O3. The predicted molar refractivity (Wildman–Crippen MR) is 85.8 cm³/mol. The van der Waals surface area contributed by atoms with Crippen molar-refractivity contribution in [2.75, 3.05) is 13.2 Å². The van der Waals surface area contributed by atoms with Crippen LogP contribution in [0, 0.1) is 5.92 Å². The van der Waals surface area contributed by atoms with Gasteiger partial charge in [0.1, 0.15) is 6.61 Å². The molecule has 0 saturated carbocycles. The quantitative estimate of drug-likeness (QED) is 0.370. The van der Waals surface area contributed by atoms with Crippen molar-refractivity contribution in [3.05, 3.63) is 5.17 Å². The molecule has 0 aliphatic heterocycles. The second-order valence-corrected chi connectivity index (χ2v) is 8.76. The molecule has 0 radical (unpaired) electrons. The van der Waals surface area contributed by atoms with E-state index in [-0.39, 0.29) is 0 Å². The number of hydrogen-bond donors (Lipinski definition) is 0. The molecule has 0 aromatic heterocycles. The lowest BCUT2D eigenvalue weighted by Gasteiger charge is -2.07. The standard InChI is InChI=1S/C9H13I3O3/c1-6(2)3-4-14-9(13)15-5-7(10)8(11)12/h6H,3-5H2,1-2H3. The van der Waals surface area contributed by atoms with Gasteiger partial charge in [-0.25, -0.2) is 4.79 Å². The van der Waals surface area contributed by atoms with E-state index in [1.54, 1.807) is 0 Å². The summed E-state index contributed by atoms with van der Waals surface area (Å²) < 4.78 is 11.9. The van der Waals surface area contributed by atoms with Crippen LogP contribution in [-0.2, 0) is 9.47 Å². The SMILES string of the molecule is CC(C)CCOC(=O)OCC(I)=C(I)I. The highest BCUT2D eigenvalue weighted by molar-refractivity contribution is 14.2. The Balaban J connectivity index is 3.63. The molecule has 0 atom stereocenters. The van der Waals surface area contributed by atoms with Gasteiger partial charge in [-0.15, -0.1) is 0 Å². The van der Waals surface area contributed by atoms with E-state index < -0.39 is 6.16 Å². The molecular weight excluding hydrogens is 537 g/mol. The van der Waals surface area contributed by atoms with Crippen LogP contribution in [-0.4, -0.2) is 19.4 Å². The second kappa shape index (κ2) is 9.25. The largest absolute Gasteiger partial charge is 0.508 e. The van der Waals surface area contributed by atoms with Crippen molar-refractivity contribution in [2.24, 2.45) is 5.92 Å². The van der Waals surface area contributed by atoms with Crippen LogP contribution in [0.3, 0.4) is 0 Å². The Labute approximate surface area is 131 Å². The number of rotatable bonds is 5. The summed E-state index contributed by atoms with van der Waals surface area (Å²) in [6, 6.07) is 0. The van der Waals surface area contributed by atoms with Crippen LogP contribution >= 0.6 is 67.8 Å². The first-order chi connectivity index (χ1) is 6.93. The summed E-state index contributed by atoms with van der Waals surface area (Å²) in [5.74, 6) is 0.535. The normalized spacial score (nSPS) is 10.0. The first-order valence-corrected chi connectivity index (χ1v) is 7.66. The molecule has 0 aromatic carbocycles. The maximum Gasteiger partial charge on any atom is 0.508 e. The van der Waals surface area contributed by atoms with Crippen molar-refractivity contribution in [1.82, 2.24) is 0 Å². The van der Waals surface area contributed by atoms with Crippen LogP contribution in [0.1, 0.15) is 20.3 Å². The van der Waals surface area contributed by atoms with Crippen LogP contribution in [0.25, 0.3) is 0 Å². The molecule has 0 bridgehead atoms. The maximum atomic E-state index is 11.1. The van der Waals surface area contributed by atoms with E-state index in [1.165, 1.54) is 0 Å². The topological polar surface area (TPSA) is 35.5 Å². The van der Waals surface area contributed by atoms with Gasteiger partial charge in [0.15, 0.2) is 0 Å². The van der Waals surface area contributed by atoms with E-state index in [9.17, 15) is 4.79 Å². The second-order valence-electron chi connectivity index (χ2n) is 3.23. The van der Waals surface area contributed by atoms with Crippen molar-refractivity contribution in [3.63, 3.8) is 0 Å². The van der Waals surface area contributed by atoms with Gasteiger partial charge in [0, 0.05) is 3.58 Å². The van der Waals surface area contributed by atoms with Gasteiger partial charge >= 0.3 is 6.16 Å². The van der Waals surface area contributed by atoms with Gasteiger partial charge in [-0.2, -0.15) is 0 Å². The first-order valence-electron chi connectivity index (χ1n) is 4.42. The molecule has 0 N–H and O–H groups in total. The van der Waals surface area contributed by atoms with Crippen molar-refractivity contribution >= 4 is 73.9 Å². The van der Waals surface area contributed by atoms with Gasteiger partial charge in [0.25, 0.3) is 0 Å². The lowest BCUT2D eigenvalue weighted by atomic mass is 10.1. The maximum absolute atomic E-state index is 11.1. The Kier molecular flexibility index (Phi) is 9.99. The molecule has 0 aliphatic rings. The van der Waals surface area contributed by atoms with Gasteiger partial charge in [-0.3, -0.25) is 0 Å². The van der Waals surface area contributed by atoms with E-state index in [0.717, 1.165) is 11.6 Å². The fraction of sp³-hybridized carbons (Fsp3) is 0.667. The molecule has 3 nitrogen and oxygen atoms in total. The summed E-state index contributed by atoms with van der Waals surface area (Å²) in [4.78, 5) is 11.1. The number of carbonyl (C=O) groups is 1. The zero-order valence-electron chi connectivity index (χ0n) is 8.56. The first kappa shape index (κ1) is 16.2. The molecule has 0 heterocycles. The molecule has 0 amide bonds. The number of ether oxygens (including phenoxy) is 2. The van der Waals surface area contributed by atoms with Crippen molar-refractivity contribution in [3.8, 4) is 0 Å². The van der Waals surface area contributed by atoms with Gasteiger partial charge in [0.05, 0.1) is 8.19 Å². The van der Waals surface area contributed by atoms with Gasteiger partial charge in [0.2, 0.25) is 0 Å². The monoisotopic (exact) mass is 550 g/mol. The molecule has 88 valence electrons. The molecule has 0 spiro atoms. The van der Waals surface area contributed by atoms with E-state index in [0.29, 0.717) is 19.1 Å². The molecule has 0 unspecified atom stereocenters. The average Bonchev–Trinajstić information content (AvgIpc) is 2.13. The summed E-state index contributed by atoms with van der Waals surface area (Å²) in [5, 5.41) is 0. The summed E-state index contributed by atoms with van der Waals surface area (Å²) in [7, 11) is 0. The zero-order valence-corrected chi connectivity index (χ0v) is 15.0. The lowest BCUT2D eigenvalue weighted by molar-refractivity contribution is 0.0599. The third kappa shape index (κ3) is 10.1. The van der Waals surface area contributed by atoms with E-state index in [4.69, 9.17) is 9.47 Å². The third-order valence-electron chi connectivity index (χ3n) is 1.44. The van der Waals surface area contributed by atoms with E-state index in [1.807, 2.05) is 0 Å². The zero-order chi connectivity index (χ0) is 11.8. The van der Waals surface area contributed by atoms with Crippen molar-refractivity contribution in [1.29, 1.82) is 0 Å². The van der Waals surface area contributed by atoms with Gasteiger partial charge in [-0.05, 0) is 80.1 Å². The smallest absolute Gasteiger partial charge is 0.434 e. The Morgan fingerprint density at radius 2 is 1.80 bits per heavy atom. The van der Waals surface area contributed by atoms with Gasteiger partial charge < -0.3 is 9.47 Å². The summed E-state index contributed by atoms with van der Waals surface area (Å²) in [6.45, 7) is 4.89. The minimum Gasteiger partial charge on any atom is -0.434 e. The molecule has 0 rings (SSSR count).